The molecule has 6 nitrogen and oxygen atoms in total. The minimum atomic E-state index is -0.176. The minimum absolute atomic E-state index is 0.126. The maximum Gasteiger partial charge on any atom is 0.310 e. The molecule has 1 amide bonds. The SMILES string of the molecule is CCOC(=O)[C@H]1CCCN(CC(=O)Nc2ccc(C#N)cc2)C1. The fourth-order valence-corrected chi connectivity index (χ4v) is 2.68. The summed E-state index contributed by atoms with van der Waals surface area (Å²) in [4.78, 5) is 25.9. The van der Waals surface area contributed by atoms with E-state index in [1.54, 1.807) is 31.2 Å². The maximum atomic E-state index is 12.1. The van der Waals surface area contributed by atoms with E-state index in [0.717, 1.165) is 19.4 Å². The molecule has 1 heterocycles. The highest BCUT2D eigenvalue weighted by Crippen LogP contribution is 2.18. The van der Waals surface area contributed by atoms with Gasteiger partial charge in [-0.3, -0.25) is 14.5 Å². The van der Waals surface area contributed by atoms with Crippen LogP contribution in [0.1, 0.15) is 25.3 Å². The summed E-state index contributed by atoms with van der Waals surface area (Å²) in [5.41, 5.74) is 1.21. The number of piperidine rings is 1. The normalized spacial score (nSPS) is 18.0. The molecule has 0 saturated carbocycles. The van der Waals surface area contributed by atoms with Gasteiger partial charge in [0, 0.05) is 12.2 Å². The molecule has 0 radical (unpaired) electrons. The van der Waals surface area contributed by atoms with Crippen LogP contribution >= 0.6 is 0 Å². The summed E-state index contributed by atoms with van der Waals surface area (Å²) >= 11 is 0. The maximum absolute atomic E-state index is 12.1. The van der Waals surface area contributed by atoms with Gasteiger partial charge in [0.05, 0.1) is 30.7 Å². The molecule has 23 heavy (non-hydrogen) atoms. The molecule has 0 aliphatic carbocycles. The lowest BCUT2D eigenvalue weighted by molar-refractivity contribution is -0.150. The molecule has 0 aromatic heterocycles. The minimum Gasteiger partial charge on any atom is -0.466 e. The van der Waals surface area contributed by atoms with Gasteiger partial charge in [-0.1, -0.05) is 0 Å². The van der Waals surface area contributed by atoms with Crippen molar-refractivity contribution in [2.75, 3.05) is 31.6 Å². The van der Waals surface area contributed by atoms with E-state index >= 15 is 0 Å². The van der Waals surface area contributed by atoms with Gasteiger partial charge in [0.1, 0.15) is 0 Å². The van der Waals surface area contributed by atoms with Crippen LogP contribution in [0.3, 0.4) is 0 Å². The second-order valence-corrected chi connectivity index (χ2v) is 5.56. The molecule has 1 atom stereocenters. The monoisotopic (exact) mass is 315 g/mol. The zero-order chi connectivity index (χ0) is 16.7. The number of likely N-dealkylation sites (tertiary alicyclic amines) is 1. The Hall–Kier alpha value is -2.39. The molecule has 122 valence electrons. The summed E-state index contributed by atoms with van der Waals surface area (Å²) in [6, 6.07) is 8.76. The van der Waals surface area contributed by atoms with Gasteiger partial charge in [0.15, 0.2) is 0 Å². The highest BCUT2D eigenvalue weighted by atomic mass is 16.5. The van der Waals surface area contributed by atoms with E-state index in [1.807, 2.05) is 11.0 Å². The fourth-order valence-electron chi connectivity index (χ4n) is 2.68. The van der Waals surface area contributed by atoms with Crippen molar-refractivity contribution >= 4 is 17.6 Å². The van der Waals surface area contributed by atoms with Gasteiger partial charge >= 0.3 is 5.97 Å². The first kappa shape index (κ1) is 17.0. The van der Waals surface area contributed by atoms with Gasteiger partial charge in [0.2, 0.25) is 5.91 Å². The van der Waals surface area contributed by atoms with Crippen LogP contribution in [0.25, 0.3) is 0 Å². The number of nitriles is 1. The van der Waals surface area contributed by atoms with Gasteiger partial charge in [-0.25, -0.2) is 0 Å². The van der Waals surface area contributed by atoms with Gasteiger partial charge in [-0.05, 0) is 50.6 Å². The summed E-state index contributed by atoms with van der Waals surface area (Å²) in [5, 5.41) is 11.6. The van der Waals surface area contributed by atoms with Crippen molar-refractivity contribution in [3.05, 3.63) is 29.8 Å². The van der Waals surface area contributed by atoms with E-state index in [1.165, 1.54) is 0 Å². The van der Waals surface area contributed by atoms with Crippen molar-refractivity contribution in [1.29, 1.82) is 5.26 Å². The zero-order valence-electron chi connectivity index (χ0n) is 13.2. The van der Waals surface area contributed by atoms with Crippen molar-refractivity contribution in [2.24, 2.45) is 5.92 Å². The number of hydrogen-bond donors (Lipinski definition) is 1. The number of anilines is 1. The Morgan fingerprint density at radius 2 is 2.13 bits per heavy atom. The molecule has 1 aromatic carbocycles. The van der Waals surface area contributed by atoms with E-state index in [0.29, 0.717) is 24.4 Å². The standard InChI is InChI=1S/C17H21N3O3/c1-2-23-17(22)14-4-3-9-20(11-14)12-16(21)19-15-7-5-13(10-18)6-8-15/h5-8,14H,2-4,9,11-12H2,1H3,(H,19,21)/t14-/m0/s1. The van der Waals surface area contributed by atoms with E-state index in [9.17, 15) is 9.59 Å². The smallest absolute Gasteiger partial charge is 0.310 e. The number of carbonyl (C=O) groups is 2. The second-order valence-electron chi connectivity index (χ2n) is 5.56. The lowest BCUT2D eigenvalue weighted by Gasteiger charge is -2.30. The average molecular weight is 315 g/mol. The third-order valence-electron chi connectivity index (χ3n) is 3.79. The molecule has 0 unspecified atom stereocenters. The van der Waals surface area contributed by atoms with Gasteiger partial charge in [-0.2, -0.15) is 5.26 Å². The Labute approximate surface area is 136 Å². The molecule has 1 aliphatic rings. The third-order valence-corrected chi connectivity index (χ3v) is 3.79. The van der Waals surface area contributed by atoms with Crippen LogP contribution in [0.4, 0.5) is 5.69 Å². The van der Waals surface area contributed by atoms with Gasteiger partial charge in [-0.15, -0.1) is 0 Å². The molecule has 1 fully saturated rings. The number of nitrogens with zero attached hydrogens (tertiary/aromatic N) is 2. The third kappa shape index (κ3) is 5.08. The summed E-state index contributed by atoms with van der Waals surface area (Å²) in [5.74, 6) is -0.449. The predicted octanol–water partition coefficient (Wildman–Crippen LogP) is 1.77. The topological polar surface area (TPSA) is 82.4 Å². The first-order valence-electron chi connectivity index (χ1n) is 7.81. The Balaban J connectivity index is 1.84. The van der Waals surface area contributed by atoms with Crippen molar-refractivity contribution in [1.82, 2.24) is 4.90 Å². The Bertz CT molecular complexity index is 592. The number of ether oxygens (including phenoxy) is 1. The van der Waals surface area contributed by atoms with E-state index < -0.39 is 0 Å². The fraction of sp³-hybridized carbons (Fsp3) is 0.471. The molecule has 0 spiro atoms. The van der Waals surface area contributed by atoms with Crippen LogP contribution < -0.4 is 5.32 Å². The number of hydrogen-bond acceptors (Lipinski definition) is 5. The average Bonchev–Trinajstić information content (AvgIpc) is 2.56. The van der Waals surface area contributed by atoms with E-state index in [2.05, 4.69) is 5.32 Å². The molecule has 1 aliphatic heterocycles. The van der Waals surface area contributed by atoms with Crippen LogP contribution in [0.5, 0.6) is 0 Å². The quantitative estimate of drug-likeness (QED) is 0.837. The molecule has 1 saturated heterocycles. The predicted molar refractivity (Wildman–Crippen MR) is 85.6 cm³/mol. The highest BCUT2D eigenvalue weighted by Gasteiger charge is 2.27. The van der Waals surface area contributed by atoms with Gasteiger partial charge < -0.3 is 10.1 Å². The van der Waals surface area contributed by atoms with E-state index in [4.69, 9.17) is 10.00 Å². The summed E-state index contributed by atoms with van der Waals surface area (Å²) in [7, 11) is 0. The van der Waals surface area contributed by atoms with Gasteiger partial charge in [0.25, 0.3) is 0 Å². The first-order chi connectivity index (χ1) is 11.1. The van der Waals surface area contributed by atoms with Crippen molar-refractivity contribution in [2.45, 2.75) is 19.8 Å². The number of rotatable bonds is 5. The van der Waals surface area contributed by atoms with Crippen molar-refractivity contribution in [3.63, 3.8) is 0 Å². The van der Waals surface area contributed by atoms with Crippen LogP contribution in [-0.4, -0.2) is 43.0 Å². The van der Waals surface area contributed by atoms with Crippen LogP contribution in [0, 0.1) is 17.2 Å². The molecule has 2 rings (SSSR count). The molecule has 6 heteroatoms. The first-order valence-corrected chi connectivity index (χ1v) is 7.81. The Morgan fingerprint density at radius 3 is 2.78 bits per heavy atom. The van der Waals surface area contributed by atoms with Crippen LogP contribution in [0.2, 0.25) is 0 Å². The highest BCUT2D eigenvalue weighted by molar-refractivity contribution is 5.92. The van der Waals surface area contributed by atoms with Crippen molar-refractivity contribution in [3.8, 4) is 6.07 Å². The summed E-state index contributed by atoms with van der Waals surface area (Å²) in [6.07, 6.45) is 1.69. The van der Waals surface area contributed by atoms with Crippen LogP contribution in [0.15, 0.2) is 24.3 Å². The molecular weight excluding hydrogens is 294 g/mol. The zero-order valence-corrected chi connectivity index (χ0v) is 13.2. The molecule has 0 bridgehead atoms. The van der Waals surface area contributed by atoms with Crippen LogP contribution in [-0.2, 0) is 14.3 Å². The number of esters is 1. The number of nitrogens with one attached hydrogen (secondary N) is 1. The Morgan fingerprint density at radius 1 is 1.39 bits per heavy atom. The lowest BCUT2D eigenvalue weighted by Crippen LogP contribution is -2.43. The number of amides is 1. The van der Waals surface area contributed by atoms with E-state index in [-0.39, 0.29) is 24.3 Å². The Kier molecular flexibility index (Phi) is 6.12. The molecular formula is C17H21N3O3. The number of benzene rings is 1. The lowest BCUT2D eigenvalue weighted by atomic mass is 9.98. The molecule has 1 aromatic rings. The largest absolute Gasteiger partial charge is 0.466 e. The summed E-state index contributed by atoms with van der Waals surface area (Å²) < 4.78 is 5.06. The second kappa shape index (κ2) is 8.30. The number of carbonyl (C=O) groups excluding carboxylic acids is 2. The van der Waals surface area contributed by atoms with Crippen molar-refractivity contribution < 1.29 is 14.3 Å². The summed E-state index contributed by atoms with van der Waals surface area (Å²) in [6.45, 7) is 3.78. The molecule has 1 N–H and O–H groups in total.